The molecule has 2 amide bonds. The Balaban J connectivity index is 2.61. The first-order valence-corrected chi connectivity index (χ1v) is 6.76. The third-order valence-electron chi connectivity index (χ3n) is 3.56. The highest BCUT2D eigenvalue weighted by atomic mass is 19.2. The van der Waals surface area contributed by atoms with E-state index in [0.717, 1.165) is 11.0 Å². The van der Waals surface area contributed by atoms with E-state index in [0.29, 0.717) is 0 Å². The smallest absolute Gasteiger partial charge is 0.253 e. The van der Waals surface area contributed by atoms with E-state index >= 15 is 0 Å². The Labute approximate surface area is 122 Å². The molecule has 0 aliphatic carbocycles. The fourth-order valence-corrected chi connectivity index (χ4v) is 2.52. The van der Waals surface area contributed by atoms with Crippen molar-refractivity contribution in [1.29, 1.82) is 0 Å². The molecule has 1 aliphatic heterocycles. The lowest BCUT2D eigenvalue weighted by molar-refractivity contribution is -0.138. The molecule has 2 rings (SSSR count). The van der Waals surface area contributed by atoms with Crippen LogP contribution < -0.4 is 10.2 Å². The fraction of sp³-hybridized carbons (Fsp3) is 0.467. The second kappa shape index (κ2) is 5.09. The molecule has 0 saturated carbocycles. The summed E-state index contributed by atoms with van der Waals surface area (Å²) in [5.74, 6) is -3.26. The molecule has 21 heavy (non-hydrogen) atoms. The van der Waals surface area contributed by atoms with Crippen molar-refractivity contribution in [3.63, 3.8) is 0 Å². The zero-order chi connectivity index (χ0) is 15.9. The monoisotopic (exact) mass is 296 g/mol. The number of nitrogens with one attached hydrogen (secondary N) is 1. The molecule has 4 nitrogen and oxygen atoms in total. The van der Waals surface area contributed by atoms with E-state index in [9.17, 15) is 18.4 Å². The van der Waals surface area contributed by atoms with Crippen molar-refractivity contribution >= 4 is 17.5 Å². The van der Waals surface area contributed by atoms with Gasteiger partial charge in [0.2, 0.25) is 5.91 Å². The first kappa shape index (κ1) is 15.4. The Morgan fingerprint density at radius 1 is 1.24 bits per heavy atom. The van der Waals surface area contributed by atoms with Crippen LogP contribution in [0.5, 0.6) is 0 Å². The summed E-state index contributed by atoms with van der Waals surface area (Å²) in [6.07, 6.45) is 0. The standard InChI is InChI=1S/C15H18F2N2O2/c1-8(2)12-13(20)18-15(3,4)14(21)19(12)10-7-5-6-9(16)11(10)17/h5-8,12H,1-4H3,(H,18,20). The van der Waals surface area contributed by atoms with Crippen molar-refractivity contribution in [2.45, 2.75) is 39.3 Å². The van der Waals surface area contributed by atoms with Crippen LogP contribution in [0.4, 0.5) is 14.5 Å². The molecule has 1 aliphatic rings. The summed E-state index contributed by atoms with van der Waals surface area (Å²) in [6, 6.07) is 2.73. The van der Waals surface area contributed by atoms with Crippen LogP contribution in [0.3, 0.4) is 0 Å². The van der Waals surface area contributed by atoms with Crippen LogP contribution in [-0.4, -0.2) is 23.4 Å². The largest absolute Gasteiger partial charge is 0.340 e. The minimum absolute atomic E-state index is 0.207. The first-order valence-electron chi connectivity index (χ1n) is 6.76. The van der Waals surface area contributed by atoms with Gasteiger partial charge in [-0.2, -0.15) is 0 Å². The third kappa shape index (κ3) is 2.50. The summed E-state index contributed by atoms with van der Waals surface area (Å²) in [4.78, 5) is 25.9. The topological polar surface area (TPSA) is 49.4 Å². The van der Waals surface area contributed by atoms with Gasteiger partial charge in [0.1, 0.15) is 11.6 Å². The van der Waals surface area contributed by atoms with Crippen LogP contribution in [0.15, 0.2) is 18.2 Å². The van der Waals surface area contributed by atoms with Crippen molar-refractivity contribution in [2.24, 2.45) is 5.92 Å². The van der Waals surface area contributed by atoms with Gasteiger partial charge < -0.3 is 5.32 Å². The Bertz CT molecular complexity index is 599. The summed E-state index contributed by atoms with van der Waals surface area (Å²) in [7, 11) is 0. The molecule has 6 heteroatoms. The Morgan fingerprint density at radius 2 is 1.86 bits per heavy atom. The highest BCUT2D eigenvalue weighted by Crippen LogP contribution is 2.31. The van der Waals surface area contributed by atoms with Gasteiger partial charge in [-0.25, -0.2) is 8.78 Å². The van der Waals surface area contributed by atoms with Gasteiger partial charge in [-0.1, -0.05) is 19.9 Å². The number of amides is 2. The van der Waals surface area contributed by atoms with Crippen LogP contribution >= 0.6 is 0 Å². The second-order valence-electron chi connectivity index (χ2n) is 6.05. The number of rotatable bonds is 2. The second-order valence-corrected chi connectivity index (χ2v) is 6.05. The van der Waals surface area contributed by atoms with Gasteiger partial charge in [0.05, 0.1) is 5.69 Å². The van der Waals surface area contributed by atoms with Crippen molar-refractivity contribution < 1.29 is 18.4 Å². The van der Waals surface area contributed by atoms with E-state index in [-0.39, 0.29) is 17.5 Å². The Kier molecular flexibility index (Phi) is 3.74. The average Bonchev–Trinajstić information content (AvgIpc) is 2.36. The summed E-state index contributed by atoms with van der Waals surface area (Å²) < 4.78 is 27.5. The maximum absolute atomic E-state index is 14.1. The summed E-state index contributed by atoms with van der Waals surface area (Å²) in [5.41, 5.74) is -1.37. The summed E-state index contributed by atoms with van der Waals surface area (Å²) >= 11 is 0. The lowest BCUT2D eigenvalue weighted by Gasteiger charge is -2.44. The number of anilines is 1. The van der Waals surface area contributed by atoms with Gasteiger partial charge in [-0.3, -0.25) is 14.5 Å². The number of halogens is 2. The first-order chi connectivity index (χ1) is 9.66. The lowest BCUT2D eigenvalue weighted by atomic mass is 9.91. The van der Waals surface area contributed by atoms with E-state index in [1.165, 1.54) is 26.0 Å². The van der Waals surface area contributed by atoms with Crippen molar-refractivity contribution in [2.75, 3.05) is 4.90 Å². The highest BCUT2D eigenvalue weighted by Gasteiger charge is 2.47. The number of carbonyl (C=O) groups is 2. The molecule has 1 fully saturated rings. The van der Waals surface area contributed by atoms with Gasteiger partial charge >= 0.3 is 0 Å². The summed E-state index contributed by atoms with van der Waals surface area (Å²) in [6.45, 7) is 6.57. The quantitative estimate of drug-likeness (QED) is 0.910. The molecule has 0 spiro atoms. The molecule has 1 unspecified atom stereocenters. The van der Waals surface area contributed by atoms with Crippen LogP contribution in [0, 0.1) is 17.6 Å². The molecule has 0 bridgehead atoms. The summed E-state index contributed by atoms with van der Waals surface area (Å²) in [5, 5.41) is 2.62. The van der Waals surface area contributed by atoms with Crippen molar-refractivity contribution in [1.82, 2.24) is 5.32 Å². The van der Waals surface area contributed by atoms with E-state index < -0.39 is 29.1 Å². The van der Waals surface area contributed by atoms with E-state index in [4.69, 9.17) is 0 Å². The Morgan fingerprint density at radius 3 is 2.43 bits per heavy atom. The van der Waals surface area contributed by atoms with Gasteiger partial charge in [-0.05, 0) is 31.9 Å². The maximum atomic E-state index is 14.1. The predicted molar refractivity (Wildman–Crippen MR) is 74.7 cm³/mol. The highest BCUT2D eigenvalue weighted by molar-refractivity contribution is 6.10. The van der Waals surface area contributed by atoms with Crippen LogP contribution in [-0.2, 0) is 9.59 Å². The number of piperazine rings is 1. The molecule has 1 saturated heterocycles. The minimum Gasteiger partial charge on any atom is -0.340 e. The van der Waals surface area contributed by atoms with Gasteiger partial charge in [0, 0.05) is 0 Å². The maximum Gasteiger partial charge on any atom is 0.253 e. The van der Waals surface area contributed by atoms with Crippen molar-refractivity contribution in [3.05, 3.63) is 29.8 Å². The van der Waals surface area contributed by atoms with Gasteiger partial charge in [-0.15, -0.1) is 0 Å². The number of carbonyl (C=O) groups excluding carboxylic acids is 2. The normalized spacial score (nSPS) is 21.7. The zero-order valence-electron chi connectivity index (χ0n) is 12.4. The van der Waals surface area contributed by atoms with Crippen molar-refractivity contribution in [3.8, 4) is 0 Å². The SMILES string of the molecule is CC(C)C1C(=O)NC(C)(C)C(=O)N1c1cccc(F)c1F. The number of hydrogen-bond acceptors (Lipinski definition) is 2. The van der Waals surface area contributed by atoms with Gasteiger partial charge in [0.25, 0.3) is 5.91 Å². The van der Waals surface area contributed by atoms with E-state index in [1.54, 1.807) is 13.8 Å². The Hall–Kier alpha value is -1.98. The lowest BCUT2D eigenvalue weighted by Crippen LogP contribution is -2.69. The predicted octanol–water partition coefficient (Wildman–Crippen LogP) is 2.23. The van der Waals surface area contributed by atoms with Gasteiger partial charge in [0.15, 0.2) is 11.6 Å². The van der Waals surface area contributed by atoms with Crippen LogP contribution in [0.25, 0.3) is 0 Å². The third-order valence-corrected chi connectivity index (χ3v) is 3.56. The number of hydrogen-bond donors (Lipinski definition) is 1. The molecular formula is C15H18F2N2O2. The number of benzene rings is 1. The molecule has 1 N–H and O–H groups in total. The molecule has 1 atom stereocenters. The molecular weight excluding hydrogens is 278 g/mol. The molecule has 1 aromatic carbocycles. The molecule has 114 valence electrons. The van der Waals surface area contributed by atoms with Crippen LogP contribution in [0.2, 0.25) is 0 Å². The zero-order valence-corrected chi connectivity index (χ0v) is 12.4. The molecule has 0 radical (unpaired) electrons. The van der Waals surface area contributed by atoms with E-state index in [1.807, 2.05) is 0 Å². The molecule has 1 aromatic rings. The number of nitrogens with zero attached hydrogens (tertiary/aromatic N) is 1. The molecule has 0 aromatic heterocycles. The minimum atomic E-state index is -1.17. The molecule has 1 heterocycles. The van der Waals surface area contributed by atoms with E-state index in [2.05, 4.69) is 5.32 Å². The average molecular weight is 296 g/mol. The fourth-order valence-electron chi connectivity index (χ4n) is 2.52. The van der Waals surface area contributed by atoms with Crippen LogP contribution in [0.1, 0.15) is 27.7 Å².